The maximum atomic E-state index is 13.5. The molecule has 116 valence electrons. The molecule has 1 aromatic rings. The van der Waals surface area contributed by atoms with Crippen LogP contribution in [0.1, 0.15) is 19.3 Å². The van der Waals surface area contributed by atoms with E-state index in [9.17, 15) is 26.7 Å². The summed E-state index contributed by atoms with van der Waals surface area (Å²) in [7, 11) is 0. The molecule has 0 bridgehead atoms. The third-order valence-electron chi connectivity index (χ3n) is 3.76. The molecule has 0 spiro atoms. The Balaban J connectivity index is 2.30. The van der Waals surface area contributed by atoms with Gasteiger partial charge in [0.05, 0.1) is 0 Å². The van der Waals surface area contributed by atoms with E-state index in [1.165, 1.54) is 0 Å². The number of hydrogen-bond acceptors (Lipinski definition) is 2. The third kappa shape index (κ3) is 2.72. The van der Waals surface area contributed by atoms with Gasteiger partial charge >= 0.3 is 0 Å². The number of amides is 1. The molecule has 1 aromatic carbocycles. The molecule has 2 unspecified atom stereocenters. The van der Waals surface area contributed by atoms with E-state index in [4.69, 9.17) is 5.73 Å². The van der Waals surface area contributed by atoms with Gasteiger partial charge in [0.1, 0.15) is 5.69 Å². The average Bonchev–Trinajstić information content (AvgIpc) is 2.96. The van der Waals surface area contributed by atoms with Crippen LogP contribution < -0.4 is 11.1 Å². The first-order valence-electron chi connectivity index (χ1n) is 6.40. The average molecular weight is 308 g/mol. The summed E-state index contributed by atoms with van der Waals surface area (Å²) >= 11 is 0. The highest BCUT2D eigenvalue weighted by molar-refractivity contribution is 5.93. The van der Waals surface area contributed by atoms with Crippen molar-refractivity contribution in [3.8, 4) is 0 Å². The van der Waals surface area contributed by atoms with Crippen molar-refractivity contribution >= 4 is 11.6 Å². The molecule has 0 radical (unpaired) electrons. The largest absolute Gasteiger partial charge is 0.330 e. The maximum absolute atomic E-state index is 13.5. The first kappa shape index (κ1) is 15.7. The lowest BCUT2D eigenvalue weighted by atomic mass is 9.95. The van der Waals surface area contributed by atoms with Crippen LogP contribution in [0.3, 0.4) is 0 Å². The minimum atomic E-state index is -2.26. The summed E-state index contributed by atoms with van der Waals surface area (Å²) in [6.45, 7) is 0.217. The van der Waals surface area contributed by atoms with Crippen molar-refractivity contribution in [2.75, 3.05) is 11.9 Å². The van der Waals surface area contributed by atoms with Crippen molar-refractivity contribution in [2.45, 2.75) is 19.3 Å². The van der Waals surface area contributed by atoms with Crippen LogP contribution >= 0.6 is 0 Å². The van der Waals surface area contributed by atoms with Gasteiger partial charge in [-0.2, -0.15) is 0 Å². The lowest BCUT2D eigenvalue weighted by Crippen LogP contribution is -2.30. The Hall–Kier alpha value is -1.70. The maximum Gasteiger partial charge on any atom is 0.227 e. The predicted molar refractivity (Wildman–Crippen MR) is 64.7 cm³/mol. The Kier molecular flexibility index (Phi) is 4.46. The van der Waals surface area contributed by atoms with Gasteiger partial charge in [0.2, 0.25) is 11.7 Å². The van der Waals surface area contributed by atoms with Gasteiger partial charge in [0.15, 0.2) is 23.3 Å². The number of halogens is 5. The second kappa shape index (κ2) is 5.97. The second-order valence-corrected chi connectivity index (χ2v) is 4.97. The quantitative estimate of drug-likeness (QED) is 0.512. The fraction of sp³-hybridized carbons (Fsp3) is 0.462. The minimum Gasteiger partial charge on any atom is -0.330 e. The third-order valence-corrected chi connectivity index (χ3v) is 3.76. The molecule has 3 nitrogen and oxygen atoms in total. The highest BCUT2D eigenvalue weighted by Crippen LogP contribution is 2.33. The molecule has 1 saturated carbocycles. The van der Waals surface area contributed by atoms with E-state index < -0.39 is 46.6 Å². The van der Waals surface area contributed by atoms with Crippen LogP contribution in [0, 0.1) is 40.9 Å². The van der Waals surface area contributed by atoms with Gasteiger partial charge in [-0.05, 0) is 25.3 Å². The zero-order chi connectivity index (χ0) is 15.7. The number of nitrogens with one attached hydrogen (secondary N) is 1. The monoisotopic (exact) mass is 308 g/mol. The molecule has 1 aliphatic carbocycles. The van der Waals surface area contributed by atoms with Crippen molar-refractivity contribution < 1.29 is 26.7 Å². The second-order valence-electron chi connectivity index (χ2n) is 4.97. The molecule has 0 aliphatic heterocycles. The normalized spacial score (nSPS) is 21.6. The summed E-state index contributed by atoms with van der Waals surface area (Å²) in [6, 6.07) is 0. The molecule has 1 aliphatic rings. The summed E-state index contributed by atoms with van der Waals surface area (Å²) in [5.74, 6) is -12.1. The van der Waals surface area contributed by atoms with Crippen molar-refractivity contribution in [1.82, 2.24) is 0 Å². The fourth-order valence-electron chi connectivity index (χ4n) is 2.59. The molecule has 1 fully saturated rings. The molecule has 1 amide bonds. The minimum absolute atomic E-state index is 0.161. The Morgan fingerprint density at radius 1 is 1.00 bits per heavy atom. The van der Waals surface area contributed by atoms with Gasteiger partial charge in [-0.3, -0.25) is 4.79 Å². The molecule has 21 heavy (non-hydrogen) atoms. The van der Waals surface area contributed by atoms with Crippen LogP contribution in [0.2, 0.25) is 0 Å². The van der Waals surface area contributed by atoms with Gasteiger partial charge in [-0.25, -0.2) is 22.0 Å². The van der Waals surface area contributed by atoms with Crippen LogP contribution in [0.4, 0.5) is 27.6 Å². The zero-order valence-electron chi connectivity index (χ0n) is 10.9. The van der Waals surface area contributed by atoms with Gasteiger partial charge in [0, 0.05) is 5.92 Å². The summed E-state index contributed by atoms with van der Waals surface area (Å²) < 4.78 is 65.9. The number of carbonyl (C=O) groups is 1. The number of nitrogens with two attached hydrogens (primary N) is 1. The Morgan fingerprint density at radius 2 is 1.52 bits per heavy atom. The molecule has 0 saturated heterocycles. The molecule has 0 aromatic heterocycles. The van der Waals surface area contributed by atoms with Crippen molar-refractivity contribution in [3.63, 3.8) is 0 Å². The molecular weight excluding hydrogens is 295 g/mol. The fourth-order valence-corrected chi connectivity index (χ4v) is 2.59. The Labute approximate surface area is 117 Å². The van der Waals surface area contributed by atoms with Crippen LogP contribution in [-0.2, 0) is 4.79 Å². The number of anilines is 1. The highest BCUT2D eigenvalue weighted by atomic mass is 19.2. The summed E-state index contributed by atoms with van der Waals surface area (Å²) in [6.07, 6.45) is 1.87. The van der Waals surface area contributed by atoms with Gasteiger partial charge in [0.25, 0.3) is 0 Å². The van der Waals surface area contributed by atoms with E-state index in [1.54, 1.807) is 5.32 Å². The van der Waals surface area contributed by atoms with Gasteiger partial charge in [-0.1, -0.05) is 6.42 Å². The van der Waals surface area contributed by atoms with E-state index in [2.05, 4.69) is 0 Å². The summed E-state index contributed by atoms with van der Waals surface area (Å²) in [5.41, 5.74) is 4.17. The van der Waals surface area contributed by atoms with Crippen LogP contribution in [0.5, 0.6) is 0 Å². The number of benzene rings is 1. The van der Waals surface area contributed by atoms with Crippen LogP contribution in [-0.4, -0.2) is 12.5 Å². The smallest absolute Gasteiger partial charge is 0.227 e. The van der Waals surface area contributed by atoms with E-state index in [0.29, 0.717) is 12.8 Å². The Bertz CT molecular complexity index is 549. The van der Waals surface area contributed by atoms with Crippen LogP contribution in [0.15, 0.2) is 0 Å². The SMILES string of the molecule is NCC1CCCC1C(=O)Nc1c(F)c(F)c(F)c(F)c1F. The van der Waals surface area contributed by atoms with Gasteiger partial charge in [-0.15, -0.1) is 0 Å². The standard InChI is InChI=1S/C13H13F5N2O/c14-7-8(15)10(17)12(11(18)9(7)16)20-13(21)6-3-1-2-5(6)4-19/h5-6H,1-4,19H2,(H,20,21). The molecule has 0 heterocycles. The van der Waals surface area contributed by atoms with Crippen LogP contribution in [0.25, 0.3) is 0 Å². The topological polar surface area (TPSA) is 55.1 Å². The number of rotatable bonds is 3. The summed E-state index contributed by atoms with van der Waals surface area (Å²) in [5, 5.41) is 1.80. The van der Waals surface area contributed by atoms with Gasteiger partial charge < -0.3 is 11.1 Å². The first-order chi connectivity index (χ1) is 9.88. The number of hydrogen-bond donors (Lipinski definition) is 2. The highest BCUT2D eigenvalue weighted by Gasteiger charge is 2.34. The summed E-state index contributed by atoms with van der Waals surface area (Å²) in [4.78, 5) is 12.0. The van der Waals surface area contributed by atoms with E-state index in [0.717, 1.165) is 6.42 Å². The van der Waals surface area contributed by atoms with Crippen molar-refractivity contribution in [2.24, 2.45) is 17.6 Å². The molecule has 8 heteroatoms. The van der Waals surface area contributed by atoms with E-state index in [-0.39, 0.29) is 12.5 Å². The number of carbonyl (C=O) groups excluding carboxylic acids is 1. The molecular formula is C13H13F5N2O. The van der Waals surface area contributed by atoms with Crippen molar-refractivity contribution in [3.05, 3.63) is 29.1 Å². The molecule has 2 rings (SSSR count). The predicted octanol–water partition coefficient (Wildman–Crippen LogP) is 2.70. The molecule has 2 atom stereocenters. The van der Waals surface area contributed by atoms with E-state index in [1.807, 2.05) is 0 Å². The lowest BCUT2D eigenvalue weighted by Gasteiger charge is -2.18. The Morgan fingerprint density at radius 3 is 2.05 bits per heavy atom. The lowest BCUT2D eigenvalue weighted by molar-refractivity contribution is -0.120. The first-order valence-corrected chi connectivity index (χ1v) is 6.40. The van der Waals surface area contributed by atoms with E-state index >= 15 is 0 Å². The zero-order valence-corrected chi connectivity index (χ0v) is 10.9. The molecule has 3 N–H and O–H groups in total. The van der Waals surface area contributed by atoms with Crippen molar-refractivity contribution in [1.29, 1.82) is 0 Å².